The molecule has 0 aliphatic carbocycles. The second-order valence-electron chi connectivity index (χ2n) is 3.79. The number of nitrogens with two attached hydrogens (primary N) is 1. The highest BCUT2D eigenvalue weighted by molar-refractivity contribution is 5.49. The average Bonchev–Trinajstić information content (AvgIpc) is 2.81. The molecule has 1 saturated heterocycles. The third-order valence-corrected chi connectivity index (χ3v) is 2.55. The Labute approximate surface area is 94.5 Å². The fraction of sp³-hybridized carbons (Fsp3) is 0.545. The Morgan fingerprint density at radius 3 is 3.12 bits per heavy atom. The lowest BCUT2D eigenvalue weighted by atomic mass is 10.1. The molecular formula is C11H16N2O3. The minimum Gasteiger partial charge on any atom is -0.479 e. The molecule has 2 N–H and O–H groups in total. The summed E-state index contributed by atoms with van der Waals surface area (Å²) in [6.45, 7) is 2.22. The summed E-state index contributed by atoms with van der Waals surface area (Å²) in [5.74, 6) is 1.41. The van der Waals surface area contributed by atoms with E-state index in [1.165, 1.54) is 7.11 Å². The van der Waals surface area contributed by atoms with Crippen LogP contribution in [0, 0.1) is 5.92 Å². The van der Waals surface area contributed by atoms with E-state index in [-0.39, 0.29) is 0 Å². The van der Waals surface area contributed by atoms with Crippen molar-refractivity contribution in [3.05, 3.63) is 12.1 Å². The van der Waals surface area contributed by atoms with Crippen molar-refractivity contribution in [2.45, 2.75) is 6.42 Å². The fourth-order valence-electron chi connectivity index (χ4n) is 1.60. The molecule has 5 heteroatoms. The van der Waals surface area contributed by atoms with Crippen LogP contribution in [0.4, 0.5) is 5.69 Å². The molecule has 5 nitrogen and oxygen atoms in total. The van der Waals surface area contributed by atoms with Gasteiger partial charge in [0.05, 0.1) is 26.0 Å². The third kappa shape index (κ3) is 2.55. The number of rotatable bonds is 4. The van der Waals surface area contributed by atoms with E-state index >= 15 is 0 Å². The zero-order chi connectivity index (χ0) is 11.4. The Bertz CT molecular complexity index is 351. The van der Waals surface area contributed by atoms with Crippen LogP contribution in [-0.2, 0) is 4.74 Å². The van der Waals surface area contributed by atoms with Crippen molar-refractivity contribution in [1.82, 2.24) is 4.98 Å². The summed E-state index contributed by atoms with van der Waals surface area (Å²) in [6, 6.07) is 3.47. The van der Waals surface area contributed by atoms with Crippen LogP contribution >= 0.6 is 0 Å². The predicted octanol–water partition coefficient (Wildman–Crippen LogP) is 1.09. The first kappa shape index (κ1) is 11.0. The predicted molar refractivity (Wildman–Crippen MR) is 59.6 cm³/mol. The van der Waals surface area contributed by atoms with Crippen molar-refractivity contribution in [1.29, 1.82) is 0 Å². The molecule has 1 aliphatic rings. The van der Waals surface area contributed by atoms with Gasteiger partial charge in [0.2, 0.25) is 11.8 Å². The van der Waals surface area contributed by atoms with Crippen molar-refractivity contribution in [3.8, 4) is 11.8 Å². The standard InChI is InChI=1S/C11H16N2O3/c1-14-11-9(12)2-3-10(13-11)16-7-8-4-5-15-6-8/h2-3,8H,4-7,12H2,1H3. The van der Waals surface area contributed by atoms with Gasteiger partial charge in [-0.1, -0.05) is 0 Å². The minimum absolute atomic E-state index is 0.403. The first-order valence-corrected chi connectivity index (χ1v) is 5.30. The van der Waals surface area contributed by atoms with Crippen molar-refractivity contribution in [2.24, 2.45) is 5.92 Å². The number of methoxy groups -OCH3 is 1. The molecule has 2 heterocycles. The second-order valence-corrected chi connectivity index (χ2v) is 3.79. The molecule has 0 bridgehead atoms. The molecule has 1 unspecified atom stereocenters. The molecule has 1 aromatic heterocycles. The number of hydrogen-bond donors (Lipinski definition) is 1. The lowest BCUT2D eigenvalue weighted by molar-refractivity contribution is 0.165. The lowest BCUT2D eigenvalue weighted by Crippen LogP contribution is -2.12. The molecule has 0 saturated carbocycles. The zero-order valence-corrected chi connectivity index (χ0v) is 9.31. The molecule has 0 radical (unpaired) electrons. The number of ether oxygens (including phenoxy) is 3. The van der Waals surface area contributed by atoms with Gasteiger partial charge in [-0.25, -0.2) is 0 Å². The lowest BCUT2D eigenvalue weighted by Gasteiger charge is -2.10. The quantitative estimate of drug-likeness (QED) is 0.829. The molecule has 0 aromatic carbocycles. The Kier molecular flexibility index (Phi) is 3.46. The van der Waals surface area contributed by atoms with Gasteiger partial charge in [0, 0.05) is 18.6 Å². The summed E-state index contributed by atoms with van der Waals surface area (Å²) in [5, 5.41) is 0. The fourth-order valence-corrected chi connectivity index (χ4v) is 1.60. The topological polar surface area (TPSA) is 66.6 Å². The number of aromatic nitrogens is 1. The van der Waals surface area contributed by atoms with Gasteiger partial charge >= 0.3 is 0 Å². The Balaban J connectivity index is 1.93. The van der Waals surface area contributed by atoms with Gasteiger partial charge in [0.1, 0.15) is 0 Å². The van der Waals surface area contributed by atoms with Gasteiger partial charge in [0.15, 0.2) is 0 Å². The maximum Gasteiger partial charge on any atom is 0.240 e. The number of anilines is 1. The summed E-state index contributed by atoms with van der Waals surface area (Å²) >= 11 is 0. The van der Waals surface area contributed by atoms with Gasteiger partial charge in [-0.2, -0.15) is 4.98 Å². The SMILES string of the molecule is COc1nc(OCC2CCOC2)ccc1N. The molecular weight excluding hydrogens is 208 g/mol. The number of pyridine rings is 1. The molecule has 1 aromatic rings. The van der Waals surface area contributed by atoms with Gasteiger partial charge in [-0.15, -0.1) is 0 Å². The van der Waals surface area contributed by atoms with E-state index in [1.807, 2.05) is 0 Å². The molecule has 16 heavy (non-hydrogen) atoms. The van der Waals surface area contributed by atoms with E-state index in [2.05, 4.69) is 4.98 Å². The van der Waals surface area contributed by atoms with E-state index in [0.29, 0.717) is 30.0 Å². The highest BCUT2D eigenvalue weighted by Gasteiger charge is 2.16. The van der Waals surface area contributed by atoms with E-state index in [0.717, 1.165) is 19.6 Å². The monoisotopic (exact) mass is 224 g/mol. The smallest absolute Gasteiger partial charge is 0.240 e. The average molecular weight is 224 g/mol. The van der Waals surface area contributed by atoms with Crippen molar-refractivity contribution in [3.63, 3.8) is 0 Å². The van der Waals surface area contributed by atoms with Crippen LogP contribution in [0.15, 0.2) is 12.1 Å². The van der Waals surface area contributed by atoms with Crippen molar-refractivity contribution >= 4 is 5.69 Å². The van der Waals surface area contributed by atoms with Gasteiger partial charge in [-0.3, -0.25) is 0 Å². The highest BCUT2D eigenvalue weighted by atomic mass is 16.5. The van der Waals surface area contributed by atoms with Gasteiger partial charge in [-0.05, 0) is 12.5 Å². The van der Waals surface area contributed by atoms with Gasteiger partial charge in [0.25, 0.3) is 0 Å². The maximum atomic E-state index is 5.66. The van der Waals surface area contributed by atoms with E-state index in [4.69, 9.17) is 19.9 Å². The normalized spacial score (nSPS) is 19.7. The van der Waals surface area contributed by atoms with E-state index in [9.17, 15) is 0 Å². The Morgan fingerprint density at radius 2 is 2.44 bits per heavy atom. The first-order valence-electron chi connectivity index (χ1n) is 5.30. The third-order valence-electron chi connectivity index (χ3n) is 2.55. The zero-order valence-electron chi connectivity index (χ0n) is 9.31. The Morgan fingerprint density at radius 1 is 1.56 bits per heavy atom. The van der Waals surface area contributed by atoms with Crippen LogP contribution in [0.25, 0.3) is 0 Å². The molecule has 1 atom stereocenters. The Hall–Kier alpha value is -1.49. The van der Waals surface area contributed by atoms with Crippen LogP contribution in [-0.4, -0.2) is 31.9 Å². The van der Waals surface area contributed by atoms with Crippen molar-refractivity contribution < 1.29 is 14.2 Å². The van der Waals surface area contributed by atoms with Crippen LogP contribution < -0.4 is 15.2 Å². The van der Waals surface area contributed by atoms with Crippen LogP contribution in [0.3, 0.4) is 0 Å². The first-order chi connectivity index (χ1) is 7.79. The maximum absolute atomic E-state index is 5.66. The summed E-state index contributed by atoms with van der Waals surface area (Å²) < 4.78 is 15.8. The van der Waals surface area contributed by atoms with E-state index in [1.54, 1.807) is 12.1 Å². The number of hydrogen-bond acceptors (Lipinski definition) is 5. The largest absolute Gasteiger partial charge is 0.479 e. The summed E-state index contributed by atoms with van der Waals surface area (Å²) in [7, 11) is 1.54. The van der Waals surface area contributed by atoms with Crippen LogP contribution in [0.5, 0.6) is 11.8 Å². The summed E-state index contributed by atoms with van der Waals surface area (Å²) in [4.78, 5) is 4.14. The number of nitrogens with zero attached hydrogens (tertiary/aromatic N) is 1. The molecule has 1 aliphatic heterocycles. The summed E-state index contributed by atoms with van der Waals surface area (Å²) in [6.07, 6.45) is 1.05. The summed E-state index contributed by atoms with van der Waals surface area (Å²) in [5.41, 5.74) is 6.17. The molecule has 0 amide bonds. The number of nitrogen functional groups attached to an aromatic ring is 1. The van der Waals surface area contributed by atoms with Gasteiger partial charge < -0.3 is 19.9 Å². The van der Waals surface area contributed by atoms with Crippen LogP contribution in [0.1, 0.15) is 6.42 Å². The molecule has 2 rings (SSSR count). The molecule has 88 valence electrons. The molecule has 1 fully saturated rings. The second kappa shape index (κ2) is 5.03. The minimum atomic E-state index is 0.403. The van der Waals surface area contributed by atoms with E-state index < -0.39 is 0 Å². The van der Waals surface area contributed by atoms with Crippen LogP contribution in [0.2, 0.25) is 0 Å². The highest BCUT2D eigenvalue weighted by Crippen LogP contribution is 2.22. The molecule has 0 spiro atoms. The van der Waals surface area contributed by atoms with Crippen molar-refractivity contribution in [2.75, 3.05) is 32.7 Å².